The number of nitrogen functional groups attached to an aromatic ring is 1. The lowest BCUT2D eigenvalue weighted by Gasteiger charge is -2.04. The molecule has 1 aromatic carbocycles. The van der Waals surface area contributed by atoms with Gasteiger partial charge < -0.3 is 11.1 Å². The minimum absolute atomic E-state index is 0.0993. The van der Waals surface area contributed by atoms with E-state index in [-0.39, 0.29) is 5.91 Å². The number of aromatic nitrogens is 1. The van der Waals surface area contributed by atoms with E-state index in [2.05, 4.69) is 10.3 Å². The minimum Gasteiger partial charge on any atom is -0.399 e. The van der Waals surface area contributed by atoms with E-state index in [9.17, 15) is 4.79 Å². The number of carbonyl (C=O) groups is 1. The van der Waals surface area contributed by atoms with Crippen LogP contribution in [0.1, 0.15) is 20.9 Å². The maximum Gasteiger partial charge on any atom is 0.251 e. The van der Waals surface area contributed by atoms with Crippen molar-refractivity contribution in [2.75, 3.05) is 5.73 Å². The molecule has 4 nitrogen and oxygen atoms in total. The van der Waals surface area contributed by atoms with Gasteiger partial charge >= 0.3 is 0 Å². The fraction of sp³-hybridized carbons (Fsp3) is 0.167. The molecule has 1 aromatic heterocycles. The number of amides is 1. The van der Waals surface area contributed by atoms with Gasteiger partial charge in [-0.25, -0.2) is 4.98 Å². The first-order valence-corrected chi connectivity index (χ1v) is 6.07. The van der Waals surface area contributed by atoms with E-state index in [4.69, 9.17) is 5.73 Å². The number of nitrogens with zero attached hydrogens (tertiary/aromatic N) is 1. The number of rotatable bonds is 3. The molecule has 3 N–H and O–H groups in total. The number of hydrogen-bond acceptors (Lipinski definition) is 4. The normalized spacial score (nSPS) is 10.2. The number of nitrogens with two attached hydrogens (primary N) is 1. The summed E-state index contributed by atoms with van der Waals surface area (Å²) in [6.45, 7) is 2.45. The van der Waals surface area contributed by atoms with Gasteiger partial charge in [-0.15, -0.1) is 11.3 Å². The molecule has 0 saturated carbocycles. The Labute approximate surface area is 103 Å². The monoisotopic (exact) mass is 247 g/mol. The largest absolute Gasteiger partial charge is 0.399 e. The lowest BCUT2D eigenvalue weighted by molar-refractivity contribution is 0.0951. The number of hydrogen-bond donors (Lipinski definition) is 2. The van der Waals surface area contributed by atoms with Crippen LogP contribution in [-0.4, -0.2) is 10.9 Å². The van der Waals surface area contributed by atoms with E-state index in [0.717, 1.165) is 10.6 Å². The van der Waals surface area contributed by atoms with Crippen LogP contribution >= 0.6 is 11.3 Å². The molecule has 0 aliphatic carbocycles. The molecule has 0 spiro atoms. The molecule has 2 aromatic rings. The summed E-state index contributed by atoms with van der Waals surface area (Å²) in [4.78, 5) is 17.0. The van der Waals surface area contributed by atoms with Crippen LogP contribution in [0.4, 0.5) is 5.69 Å². The van der Waals surface area contributed by atoms with Crippen molar-refractivity contribution in [3.8, 4) is 0 Å². The molecule has 0 radical (unpaired) electrons. The van der Waals surface area contributed by atoms with Crippen LogP contribution in [0.3, 0.4) is 0 Å². The highest BCUT2D eigenvalue weighted by Crippen LogP contribution is 2.12. The molecular weight excluding hydrogens is 234 g/mol. The van der Waals surface area contributed by atoms with Crippen molar-refractivity contribution in [2.24, 2.45) is 0 Å². The summed E-state index contributed by atoms with van der Waals surface area (Å²) in [5, 5.41) is 2.85. The van der Waals surface area contributed by atoms with Crippen LogP contribution in [0, 0.1) is 6.92 Å². The van der Waals surface area contributed by atoms with E-state index in [1.165, 1.54) is 0 Å². The molecule has 0 fully saturated rings. The zero-order valence-electron chi connectivity index (χ0n) is 9.43. The Balaban J connectivity index is 1.98. The summed E-state index contributed by atoms with van der Waals surface area (Å²) in [5.74, 6) is -0.0993. The SMILES string of the molecule is Cc1ncsc1CNC(=O)c1ccc(N)cc1. The highest BCUT2D eigenvalue weighted by molar-refractivity contribution is 7.09. The quantitative estimate of drug-likeness (QED) is 0.815. The average Bonchev–Trinajstić information content (AvgIpc) is 2.73. The third kappa shape index (κ3) is 2.82. The smallest absolute Gasteiger partial charge is 0.251 e. The fourth-order valence-corrected chi connectivity index (χ4v) is 2.11. The van der Waals surface area contributed by atoms with E-state index in [0.29, 0.717) is 17.8 Å². The first kappa shape index (κ1) is 11.6. The van der Waals surface area contributed by atoms with Gasteiger partial charge in [0.2, 0.25) is 0 Å². The van der Waals surface area contributed by atoms with Gasteiger partial charge in [-0.1, -0.05) is 0 Å². The van der Waals surface area contributed by atoms with E-state index >= 15 is 0 Å². The molecule has 0 bridgehead atoms. The van der Waals surface area contributed by atoms with Crippen LogP contribution in [0.2, 0.25) is 0 Å². The molecule has 0 unspecified atom stereocenters. The number of anilines is 1. The van der Waals surface area contributed by atoms with Crippen LogP contribution in [0.25, 0.3) is 0 Å². The van der Waals surface area contributed by atoms with Crippen molar-refractivity contribution in [3.63, 3.8) is 0 Å². The number of nitrogens with one attached hydrogen (secondary N) is 1. The second-order valence-electron chi connectivity index (χ2n) is 3.67. The highest BCUT2D eigenvalue weighted by atomic mass is 32.1. The lowest BCUT2D eigenvalue weighted by atomic mass is 10.2. The van der Waals surface area contributed by atoms with Gasteiger partial charge in [0.25, 0.3) is 5.91 Å². The van der Waals surface area contributed by atoms with Crippen LogP contribution in [-0.2, 0) is 6.54 Å². The molecule has 0 aliphatic heterocycles. The Bertz CT molecular complexity index is 519. The van der Waals surface area contributed by atoms with Crippen molar-refractivity contribution < 1.29 is 4.79 Å². The Hall–Kier alpha value is -1.88. The van der Waals surface area contributed by atoms with Gasteiger partial charge in [-0.3, -0.25) is 4.79 Å². The third-order valence-corrected chi connectivity index (χ3v) is 3.36. The Morgan fingerprint density at radius 1 is 1.41 bits per heavy atom. The van der Waals surface area contributed by atoms with Crippen LogP contribution in [0.15, 0.2) is 29.8 Å². The van der Waals surface area contributed by atoms with Crippen molar-refractivity contribution in [2.45, 2.75) is 13.5 Å². The Morgan fingerprint density at radius 2 is 2.12 bits per heavy atom. The van der Waals surface area contributed by atoms with Crippen LogP contribution in [0.5, 0.6) is 0 Å². The summed E-state index contributed by atoms with van der Waals surface area (Å²) < 4.78 is 0. The zero-order valence-corrected chi connectivity index (χ0v) is 10.3. The maximum absolute atomic E-state index is 11.8. The summed E-state index contributed by atoms with van der Waals surface area (Å²) in [6, 6.07) is 6.86. The second kappa shape index (κ2) is 4.97. The lowest BCUT2D eigenvalue weighted by Crippen LogP contribution is -2.22. The maximum atomic E-state index is 11.8. The summed E-state index contributed by atoms with van der Waals surface area (Å²) in [5.41, 5.74) is 9.57. The summed E-state index contributed by atoms with van der Waals surface area (Å²) in [6.07, 6.45) is 0. The minimum atomic E-state index is -0.0993. The van der Waals surface area contributed by atoms with Gasteiger partial charge in [0, 0.05) is 16.1 Å². The molecule has 0 atom stereocenters. The van der Waals surface area contributed by atoms with Gasteiger partial charge in [0.1, 0.15) is 0 Å². The molecular formula is C12H13N3OS. The predicted octanol–water partition coefficient (Wildman–Crippen LogP) is 1.96. The summed E-state index contributed by atoms with van der Waals surface area (Å²) in [7, 11) is 0. The van der Waals surface area contributed by atoms with E-state index < -0.39 is 0 Å². The third-order valence-electron chi connectivity index (χ3n) is 2.43. The molecule has 2 rings (SSSR count). The molecule has 1 heterocycles. The van der Waals surface area contributed by atoms with Crippen molar-refractivity contribution in [1.29, 1.82) is 0 Å². The standard InChI is InChI=1S/C12H13N3OS/c1-8-11(17-7-15-8)6-14-12(16)9-2-4-10(13)5-3-9/h2-5,7H,6,13H2,1H3,(H,14,16). The number of aryl methyl sites for hydroxylation is 1. The topological polar surface area (TPSA) is 68.0 Å². The number of carbonyl (C=O) groups excluding carboxylic acids is 1. The molecule has 0 aliphatic rings. The van der Waals surface area contributed by atoms with E-state index in [1.807, 2.05) is 6.92 Å². The predicted molar refractivity (Wildman–Crippen MR) is 68.9 cm³/mol. The fourth-order valence-electron chi connectivity index (χ4n) is 1.39. The highest BCUT2D eigenvalue weighted by Gasteiger charge is 2.06. The molecule has 0 saturated heterocycles. The van der Waals surface area contributed by atoms with Gasteiger partial charge in [-0.05, 0) is 31.2 Å². The molecule has 5 heteroatoms. The van der Waals surface area contributed by atoms with E-state index in [1.54, 1.807) is 41.1 Å². The molecule has 88 valence electrons. The van der Waals surface area contributed by atoms with Crippen LogP contribution < -0.4 is 11.1 Å². The van der Waals surface area contributed by atoms with Gasteiger partial charge in [0.05, 0.1) is 17.7 Å². The van der Waals surface area contributed by atoms with Crippen molar-refractivity contribution in [3.05, 3.63) is 45.9 Å². The summed E-state index contributed by atoms with van der Waals surface area (Å²) >= 11 is 1.54. The van der Waals surface area contributed by atoms with Gasteiger partial charge in [-0.2, -0.15) is 0 Å². The molecule has 17 heavy (non-hydrogen) atoms. The van der Waals surface area contributed by atoms with Gasteiger partial charge in [0.15, 0.2) is 0 Å². The molecule has 1 amide bonds. The first-order chi connectivity index (χ1) is 8.16. The first-order valence-electron chi connectivity index (χ1n) is 5.19. The van der Waals surface area contributed by atoms with Crippen molar-refractivity contribution >= 4 is 22.9 Å². The zero-order chi connectivity index (χ0) is 12.3. The average molecular weight is 247 g/mol. The number of benzene rings is 1. The Morgan fingerprint density at radius 3 is 2.71 bits per heavy atom. The van der Waals surface area contributed by atoms with Crippen molar-refractivity contribution in [1.82, 2.24) is 10.3 Å². The Kier molecular flexibility index (Phi) is 3.39. The second-order valence-corrected chi connectivity index (χ2v) is 4.60. The number of thiazole rings is 1.